The fraction of sp³-hybridized carbons (Fsp3) is 0.818. The molecular weight excluding hydrogens is 164 g/mol. The molecule has 1 aliphatic rings. The van der Waals surface area contributed by atoms with Crippen LogP contribution < -0.4 is 0 Å². The second-order valence-corrected chi connectivity index (χ2v) is 16.5. The van der Waals surface area contributed by atoms with Crippen LogP contribution in [0, 0.1) is 5.92 Å². The van der Waals surface area contributed by atoms with Crippen molar-refractivity contribution in [3.63, 3.8) is 0 Å². The van der Waals surface area contributed by atoms with Crippen LogP contribution >= 0.6 is 8.29 Å². The van der Waals surface area contributed by atoms with Gasteiger partial charge in [0.2, 0.25) is 0 Å². The Morgan fingerprint density at radius 1 is 1.25 bits per heavy atom. The minimum absolute atomic E-state index is 0.777. The van der Waals surface area contributed by atoms with Crippen molar-refractivity contribution in [3.8, 4) is 0 Å². The maximum absolute atomic E-state index is 2.56. The van der Waals surface area contributed by atoms with Crippen molar-refractivity contribution >= 4 is 8.29 Å². The van der Waals surface area contributed by atoms with E-state index in [1.807, 2.05) is 0 Å². The van der Waals surface area contributed by atoms with Crippen LogP contribution in [0.5, 0.6) is 0 Å². The summed E-state index contributed by atoms with van der Waals surface area (Å²) in [5, 5.41) is 0. The van der Waals surface area contributed by atoms with Gasteiger partial charge in [-0.15, -0.1) is 0 Å². The Hall–Kier alpha value is 0.0900. The summed E-state index contributed by atoms with van der Waals surface area (Å²) >= 11 is 0. The lowest BCUT2D eigenvalue weighted by molar-refractivity contribution is 0.835. The van der Waals surface area contributed by atoms with E-state index in [4.69, 9.17) is 0 Å². The van der Waals surface area contributed by atoms with Crippen LogP contribution in [0.25, 0.3) is 0 Å². The van der Waals surface area contributed by atoms with Crippen molar-refractivity contribution in [2.75, 3.05) is 36.0 Å². The molecule has 0 amide bonds. The van der Waals surface area contributed by atoms with Gasteiger partial charge in [0.1, 0.15) is 0 Å². The molecule has 1 rings (SSSR count). The Kier molecular flexibility index (Phi) is 1.80. The third-order valence-electron chi connectivity index (χ3n) is 3.24. The summed E-state index contributed by atoms with van der Waals surface area (Å²) in [7, 11) is -1.45. The van der Waals surface area contributed by atoms with Gasteiger partial charge < -0.3 is 0 Å². The molecule has 0 spiro atoms. The van der Waals surface area contributed by atoms with E-state index in [1.54, 1.807) is 0 Å². The van der Waals surface area contributed by atoms with Gasteiger partial charge >= 0.3 is 0 Å². The highest BCUT2D eigenvalue weighted by atomic mass is 32.4. The van der Waals surface area contributed by atoms with Crippen molar-refractivity contribution in [3.05, 3.63) is 12.2 Å². The van der Waals surface area contributed by atoms with E-state index >= 15 is 0 Å². The van der Waals surface area contributed by atoms with Gasteiger partial charge in [0.15, 0.2) is 0 Å². The third kappa shape index (κ3) is 2.29. The molecule has 0 radical (unpaired) electrons. The normalized spacial score (nSPS) is 37.4. The van der Waals surface area contributed by atoms with Gasteiger partial charge in [-0.1, -0.05) is 19.1 Å². The van der Waals surface area contributed by atoms with E-state index in [0.29, 0.717) is 0 Å². The molecule has 1 heterocycles. The fourth-order valence-electron chi connectivity index (χ4n) is 2.02. The smallest absolute Gasteiger partial charge is 0.0197 e. The molecule has 12 heavy (non-hydrogen) atoms. The summed E-state index contributed by atoms with van der Waals surface area (Å²) in [6.45, 7) is 4.47. The molecule has 1 unspecified atom stereocenters. The molecule has 0 nitrogen and oxygen atoms in total. The topological polar surface area (TPSA) is 0 Å². The molecule has 0 aromatic heterocycles. The third-order valence-corrected chi connectivity index (χ3v) is 8.67. The standard InChI is InChI=1S/C11H24S/c1-6-7-11(2)10-12(3,4,5)8-9-12/h6-7,11H,8-10H2,1-5H3/b7-6+. The zero-order valence-corrected chi connectivity index (χ0v) is 10.1. The predicted octanol–water partition coefficient (Wildman–Crippen LogP) is 2.98. The van der Waals surface area contributed by atoms with Gasteiger partial charge in [-0.25, -0.2) is 0 Å². The average Bonchev–Trinajstić information content (AvgIpc) is 2.37. The van der Waals surface area contributed by atoms with E-state index in [2.05, 4.69) is 44.8 Å². The summed E-state index contributed by atoms with van der Waals surface area (Å²) < 4.78 is 0. The molecule has 0 N–H and O–H groups in total. The fourth-order valence-corrected chi connectivity index (χ4v) is 7.26. The number of hydrogen-bond acceptors (Lipinski definition) is 0. The quantitative estimate of drug-likeness (QED) is 0.472. The van der Waals surface area contributed by atoms with Crippen LogP contribution in [-0.4, -0.2) is 36.0 Å². The molecular formula is C11H24S. The van der Waals surface area contributed by atoms with Gasteiger partial charge in [-0.3, -0.25) is 8.29 Å². The van der Waals surface area contributed by atoms with Crippen LogP contribution in [0.2, 0.25) is 0 Å². The summed E-state index contributed by atoms with van der Waals surface area (Å²) in [5.41, 5.74) is 0. The molecule has 1 heteroatoms. The van der Waals surface area contributed by atoms with Crippen molar-refractivity contribution in [2.24, 2.45) is 5.92 Å². The highest BCUT2D eigenvalue weighted by Crippen LogP contribution is 2.93. The minimum Gasteiger partial charge on any atom is -0.279 e. The van der Waals surface area contributed by atoms with Gasteiger partial charge in [0, 0.05) is 0 Å². The molecule has 0 bridgehead atoms. The summed E-state index contributed by atoms with van der Waals surface area (Å²) in [5.74, 6) is 5.22. The Morgan fingerprint density at radius 2 is 1.75 bits per heavy atom. The van der Waals surface area contributed by atoms with Gasteiger partial charge in [0.25, 0.3) is 0 Å². The van der Waals surface area contributed by atoms with Crippen LogP contribution in [-0.2, 0) is 0 Å². The lowest BCUT2D eigenvalue weighted by Crippen LogP contribution is -2.24. The molecule has 1 aliphatic heterocycles. The molecule has 1 saturated heterocycles. The average molecular weight is 188 g/mol. The molecule has 0 aromatic rings. The van der Waals surface area contributed by atoms with E-state index in [0.717, 1.165) is 5.92 Å². The second kappa shape index (κ2) is 2.12. The van der Waals surface area contributed by atoms with Crippen LogP contribution in [0.1, 0.15) is 13.8 Å². The van der Waals surface area contributed by atoms with Crippen molar-refractivity contribution in [2.45, 2.75) is 13.8 Å². The summed E-state index contributed by atoms with van der Waals surface area (Å²) in [6, 6.07) is 0. The van der Waals surface area contributed by atoms with Crippen LogP contribution in [0.15, 0.2) is 12.2 Å². The summed E-state index contributed by atoms with van der Waals surface area (Å²) in [6.07, 6.45) is 12.2. The number of allylic oxidation sites excluding steroid dienone is 2. The number of rotatable bonds is 3. The first kappa shape index (κ1) is 10.2. The van der Waals surface area contributed by atoms with E-state index in [1.165, 1.54) is 17.3 Å². The molecule has 0 saturated carbocycles. The Morgan fingerprint density at radius 3 is 2.08 bits per heavy atom. The molecule has 1 atom stereocenters. The Bertz CT molecular complexity index is 216. The highest BCUT2D eigenvalue weighted by molar-refractivity contribution is 8.68. The van der Waals surface area contributed by atoms with Gasteiger partial charge in [0.05, 0.1) is 0 Å². The maximum atomic E-state index is 2.56. The molecule has 1 fully saturated rings. The first-order valence-electron chi connectivity index (χ1n) is 4.82. The number of hydrogen-bond donors (Lipinski definition) is 0. The zero-order valence-electron chi connectivity index (χ0n) is 9.26. The van der Waals surface area contributed by atoms with E-state index < -0.39 is 8.29 Å². The monoisotopic (exact) mass is 188 g/mol. The van der Waals surface area contributed by atoms with Crippen molar-refractivity contribution < 1.29 is 0 Å². The lowest BCUT2D eigenvalue weighted by atomic mass is 10.2. The lowest BCUT2D eigenvalue weighted by Gasteiger charge is -2.55. The molecule has 0 aliphatic carbocycles. The van der Waals surface area contributed by atoms with Crippen molar-refractivity contribution in [1.82, 2.24) is 0 Å². The molecule has 0 aromatic carbocycles. The predicted molar refractivity (Wildman–Crippen MR) is 63.9 cm³/mol. The van der Waals surface area contributed by atoms with E-state index in [-0.39, 0.29) is 0 Å². The SMILES string of the molecule is C/C=C/C(C)CS1(C)(C)(C)CC1. The largest absolute Gasteiger partial charge is 0.279 e. The Balaban J connectivity index is 2.64. The first-order valence-corrected chi connectivity index (χ1v) is 9.00. The molecule has 74 valence electrons. The zero-order chi connectivity index (χ0) is 9.52. The highest BCUT2D eigenvalue weighted by Gasteiger charge is 2.59. The maximum Gasteiger partial charge on any atom is -0.0197 e. The minimum atomic E-state index is -1.45. The van der Waals surface area contributed by atoms with E-state index in [9.17, 15) is 0 Å². The van der Waals surface area contributed by atoms with Gasteiger partial charge in [-0.05, 0) is 48.9 Å². The van der Waals surface area contributed by atoms with Crippen molar-refractivity contribution in [1.29, 1.82) is 0 Å². The van der Waals surface area contributed by atoms with Gasteiger partial charge in [-0.2, -0.15) is 0 Å². The second-order valence-electron chi connectivity index (χ2n) is 6.51. The first-order chi connectivity index (χ1) is 5.19. The van der Waals surface area contributed by atoms with Crippen LogP contribution in [0.4, 0.5) is 0 Å². The Labute approximate surface area is 76.7 Å². The summed E-state index contributed by atoms with van der Waals surface area (Å²) in [4.78, 5) is 0. The van der Waals surface area contributed by atoms with Crippen LogP contribution in [0.3, 0.4) is 0 Å².